The van der Waals surface area contributed by atoms with Crippen LogP contribution < -0.4 is 0 Å². The van der Waals surface area contributed by atoms with E-state index >= 15 is 0 Å². The third kappa shape index (κ3) is 3.71. The Kier molecular flexibility index (Phi) is 5.42. The fourth-order valence-electron chi connectivity index (χ4n) is 1.50. The Morgan fingerprint density at radius 3 is 2.82 bits per heavy atom. The lowest BCUT2D eigenvalue weighted by atomic mass is 10.2. The highest BCUT2D eigenvalue weighted by Crippen LogP contribution is 2.15. The number of aromatic hydroxyl groups is 1. The molecule has 0 saturated heterocycles. The van der Waals surface area contributed by atoms with Gasteiger partial charge in [0, 0.05) is 19.3 Å². The number of aliphatic hydroxyl groups excluding tert-OH is 1. The van der Waals surface area contributed by atoms with Crippen LogP contribution in [0.2, 0.25) is 0 Å². The molecule has 94 valence electrons. The van der Waals surface area contributed by atoms with Crippen molar-refractivity contribution in [2.24, 2.45) is 0 Å². The number of carbonyl (C=O) groups excluding carboxylic acids is 1. The molecule has 0 bridgehead atoms. The molecule has 0 aliphatic heterocycles. The molecule has 0 atom stereocenters. The molecule has 1 heterocycles. The Hall–Kier alpha value is -1.62. The van der Waals surface area contributed by atoms with Crippen LogP contribution in [0.1, 0.15) is 30.3 Å². The molecule has 0 spiro atoms. The van der Waals surface area contributed by atoms with Crippen molar-refractivity contribution in [1.82, 2.24) is 9.88 Å². The van der Waals surface area contributed by atoms with Crippen molar-refractivity contribution in [3.05, 3.63) is 24.0 Å². The van der Waals surface area contributed by atoms with Crippen LogP contribution in [-0.4, -0.2) is 45.7 Å². The van der Waals surface area contributed by atoms with E-state index in [2.05, 4.69) is 4.98 Å². The average Bonchev–Trinajstić information content (AvgIpc) is 2.34. The summed E-state index contributed by atoms with van der Waals surface area (Å²) in [6.45, 7) is 2.75. The Morgan fingerprint density at radius 2 is 2.24 bits per heavy atom. The summed E-state index contributed by atoms with van der Waals surface area (Å²) in [5, 5.41) is 18.5. The first-order chi connectivity index (χ1) is 8.20. The summed E-state index contributed by atoms with van der Waals surface area (Å²) in [6.07, 6.45) is 3.28. The Labute approximate surface area is 101 Å². The topological polar surface area (TPSA) is 73.7 Å². The number of rotatable bonds is 6. The fraction of sp³-hybridized carbons (Fsp3) is 0.500. The average molecular weight is 238 g/mol. The lowest BCUT2D eigenvalue weighted by Gasteiger charge is -2.21. The van der Waals surface area contributed by atoms with Crippen LogP contribution in [0.3, 0.4) is 0 Å². The maximum atomic E-state index is 12.1. The molecule has 2 N–H and O–H groups in total. The van der Waals surface area contributed by atoms with Crippen LogP contribution in [0.5, 0.6) is 5.75 Å². The molecule has 0 aliphatic carbocycles. The van der Waals surface area contributed by atoms with E-state index < -0.39 is 0 Å². The summed E-state index contributed by atoms with van der Waals surface area (Å²) in [5.74, 6) is -0.470. The lowest BCUT2D eigenvalue weighted by Crippen LogP contribution is -2.35. The minimum Gasteiger partial charge on any atom is -0.505 e. The van der Waals surface area contributed by atoms with Crippen LogP contribution in [0.15, 0.2) is 18.3 Å². The number of nitrogens with zero attached hydrogens (tertiary/aromatic N) is 2. The third-order valence-corrected chi connectivity index (χ3v) is 2.43. The van der Waals surface area contributed by atoms with Crippen molar-refractivity contribution in [3.8, 4) is 5.75 Å². The van der Waals surface area contributed by atoms with Gasteiger partial charge in [-0.15, -0.1) is 0 Å². The molecule has 1 amide bonds. The van der Waals surface area contributed by atoms with E-state index in [1.165, 1.54) is 17.2 Å². The maximum absolute atomic E-state index is 12.1. The van der Waals surface area contributed by atoms with Crippen LogP contribution in [-0.2, 0) is 0 Å². The summed E-state index contributed by atoms with van der Waals surface area (Å²) < 4.78 is 0. The van der Waals surface area contributed by atoms with Crippen LogP contribution in [0.25, 0.3) is 0 Å². The zero-order valence-electron chi connectivity index (χ0n) is 9.96. The number of aliphatic hydroxyl groups is 1. The SMILES string of the molecule is CCCCN(CCO)C(=O)c1ncccc1O. The molecule has 1 aromatic heterocycles. The van der Waals surface area contributed by atoms with Crippen LogP contribution in [0.4, 0.5) is 0 Å². The lowest BCUT2D eigenvalue weighted by molar-refractivity contribution is 0.0710. The predicted octanol–water partition coefficient (Wildman–Crippen LogP) is 1.02. The van der Waals surface area contributed by atoms with Crippen molar-refractivity contribution in [1.29, 1.82) is 0 Å². The minimum atomic E-state index is -0.342. The van der Waals surface area contributed by atoms with Gasteiger partial charge in [0.15, 0.2) is 5.69 Å². The Bertz CT molecular complexity index is 369. The van der Waals surface area contributed by atoms with Crippen molar-refractivity contribution in [3.63, 3.8) is 0 Å². The number of carbonyl (C=O) groups is 1. The number of hydrogen-bond donors (Lipinski definition) is 2. The first-order valence-electron chi connectivity index (χ1n) is 5.74. The van der Waals surface area contributed by atoms with Crippen molar-refractivity contribution >= 4 is 5.91 Å². The predicted molar refractivity (Wildman–Crippen MR) is 63.8 cm³/mol. The molecule has 1 rings (SSSR count). The van der Waals surface area contributed by atoms with Gasteiger partial charge in [0.25, 0.3) is 5.91 Å². The van der Waals surface area contributed by atoms with Gasteiger partial charge in [-0.3, -0.25) is 4.79 Å². The van der Waals surface area contributed by atoms with Gasteiger partial charge in [-0.05, 0) is 18.6 Å². The highest BCUT2D eigenvalue weighted by Gasteiger charge is 2.19. The quantitative estimate of drug-likeness (QED) is 0.776. The summed E-state index contributed by atoms with van der Waals surface area (Å²) in [6, 6.07) is 2.99. The van der Waals surface area contributed by atoms with E-state index in [9.17, 15) is 9.90 Å². The molecule has 0 aliphatic rings. The first kappa shape index (κ1) is 13.4. The monoisotopic (exact) mass is 238 g/mol. The third-order valence-electron chi connectivity index (χ3n) is 2.43. The first-order valence-corrected chi connectivity index (χ1v) is 5.74. The number of unbranched alkanes of at least 4 members (excludes halogenated alkanes) is 1. The maximum Gasteiger partial charge on any atom is 0.276 e. The molecule has 0 unspecified atom stereocenters. The summed E-state index contributed by atoms with van der Waals surface area (Å²) in [7, 11) is 0. The van der Waals surface area contributed by atoms with E-state index in [-0.39, 0.29) is 30.5 Å². The van der Waals surface area contributed by atoms with Gasteiger partial charge in [0.05, 0.1) is 6.61 Å². The normalized spacial score (nSPS) is 10.2. The molecule has 0 radical (unpaired) electrons. The second kappa shape index (κ2) is 6.85. The number of pyridine rings is 1. The van der Waals surface area contributed by atoms with Crippen molar-refractivity contribution < 1.29 is 15.0 Å². The Balaban J connectivity index is 2.80. The van der Waals surface area contributed by atoms with Gasteiger partial charge < -0.3 is 15.1 Å². The molecule has 17 heavy (non-hydrogen) atoms. The van der Waals surface area contributed by atoms with Gasteiger partial charge in [-0.2, -0.15) is 0 Å². The molecular formula is C12H18N2O3. The van der Waals surface area contributed by atoms with Crippen LogP contribution in [0, 0.1) is 0 Å². The number of hydrogen-bond acceptors (Lipinski definition) is 4. The highest BCUT2D eigenvalue weighted by atomic mass is 16.3. The largest absolute Gasteiger partial charge is 0.505 e. The van der Waals surface area contributed by atoms with E-state index in [1.807, 2.05) is 6.92 Å². The Morgan fingerprint density at radius 1 is 1.47 bits per heavy atom. The van der Waals surface area contributed by atoms with Crippen molar-refractivity contribution in [2.45, 2.75) is 19.8 Å². The summed E-state index contributed by atoms with van der Waals surface area (Å²) >= 11 is 0. The summed E-state index contributed by atoms with van der Waals surface area (Å²) in [4.78, 5) is 17.4. The fourth-order valence-corrected chi connectivity index (χ4v) is 1.50. The number of aromatic nitrogens is 1. The van der Waals surface area contributed by atoms with E-state index in [0.717, 1.165) is 12.8 Å². The zero-order chi connectivity index (χ0) is 12.7. The van der Waals surface area contributed by atoms with Crippen LogP contribution >= 0.6 is 0 Å². The highest BCUT2D eigenvalue weighted by molar-refractivity contribution is 5.94. The second-order valence-corrected chi connectivity index (χ2v) is 3.74. The zero-order valence-corrected chi connectivity index (χ0v) is 9.96. The van der Waals surface area contributed by atoms with Crippen molar-refractivity contribution in [2.75, 3.05) is 19.7 Å². The van der Waals surface area contributed by atoms with E-state index in [4.69, 9.17) is 5.11 Å². The van der Waals surface area contributed by atoms with Gasteiger partial charge in [-0.1, -0.05) is 13.3 Å². The second-order valence-electron chi connectivity index (χ2n) is 3.74. The van der Waals surface area contributed by atoms with E-state index in [1.54, 1.807) is 6.07 Å². The number of amides is 1. The van der Waals surface area contributed by atoms with E-state index in [0.29, 0.717) is 6.54 Å². The van der Waals surface area contributed by atoms with Gasteiger partial charge in [0.2, 0.25) is 0 Å². The molecule has 0 aromatic carbocycles. The smallest absolute Gasteiger partial charge is 0.276 e. The molecule has 1 aromatic rings. The van der Waals surface area contributed by atoms with Gasteiger partial charge >= 0.3 is 0 Å². The standard InChI is InChI=1S/C12H18N2O3/c1-2-3-7-14(8-9-15)12(17)11-10(16)5-4-6-13-11/h4-6,15-16H,2-3,7-9H2,1H3. The molecule has 0 fully saturated rings. The summed E-state index contributed by atoms with van der Waals surface area (Å²) in [5.41, 5.74) is 0.0389. The van der Waals surface area contributed by atoms with Gasteiger partial charge in [0.1, 0.15) is 5.75 Å². The molecule has 5 nitrogen and oxygen atoms in total. The molecule has 5 heteroatoms. The molecular weight excluding hydrogens is 220 g/mol. The molecule has 0 saturated carbocycles. The van der Waals surface area contributed by atoms with Gasteiger partial charge in [-0.25, -0.2) is 4.98 Å². The minimum absolute atomic E-state index is 0.0389.